The van der Waals surface area contributed by atoms with E-state index < -0.39 is 5.91 Å². The summed E-state index contributed by atoms with van der Waals surface area (Å²) in [6.45, 7) is 4.05. The molecule has 2 rings (SSSR count). The summed E-state index contributed by atoms with van der Waals surface area (Å²) in [4.78, 5) is 21.1. The van der Waals surface area contributed by atoms with E-state index >= 15 is 0 Å². The van der Waals surface area contributed by atoms with Gasteiger partial charge >= 0.3 is 0 Å². The van der Waals surface area contributed by atoms with Crippen LogP contribution in [0.2, 0.25) is 0 Å². The fourth-order valence-electron chi connectivity index (χ4n) is 1.55. The Bertz CT molecular complexity index is 360. The molecule has 1 saturated heterocycles. The summed E-state index contributed by atoms with van der Waals surface area (Å²) in [5.41, 5.74) is 6.12. The van der Waals surface area contributed by atoms with E-state index in [4.69, 9.17) is 10.5 Å². The number of ether oxygens (including phenoxy) is 1. The Morgan fingerprint density at radius 2 is 2.12 bits per heavy atom. The summed E-state index contributed by atoms with van der Waals surface area (Å²) < 4.78 is 5.25. The Labute approximate surface area is 93.4 Å². The molecular weight excluding hydrogens is 208 g/mol. The molecule has 16 heavy (non-hydrogen) atoms. The van der Waals surface area contributed by atoms with Crippen molar-refractivity contribution in [3.05, 3.63) is 23.8 Å². The molecule has 0 spiro atoms. The van der Waals surface area contributed by atoms with Gasteiger partial charge in [0.2, 0.25) is 0 Å². The average molecular weight is 222 g/mol. The summed E-state index contributed by atoms with van der Waals surface area (Å²) in [6, 6.07) is 0. The number of carbonyl (C=O) groups excluding carboxylic acids is 1. The molecule has 1 aliphatic heterocycles. The molecule has 0 aromatic carbocycles. The van der Waals surface area contributed by atoms with Gasteiger partial charge < -0.3 is 10.5 Å². The van der Waals surface area contributed by atoms with Crippen molar-refractivity contribution < 1.29 is 9.53 Å². The molecule has 0 aliphatic carbocycles. The first-order chi connectivity index (χ1) is 7.75. The smallest absolute Gasteiger partial charge is 0.268 e. The maximum atomic E-state index is 10.8. The highest BCUT2D eigenvalue weighted by Crippen LogP contribution is 2.03. The molecule has 6 nitrogen and oxygen atoms in total. The van der Waals surface area contributed by atoms with Crippen molar-refractivity contribution in [2.24, 2.45) is 5.73 Å². The largest absolute Gasteiger partial charge is 0.379 e. The number of carbonyl (C=O) groups is 1. The van der Waals surface area contributed by atoms with Gasteiger partial charge in [0.15, 0.2) is 0 Å². The molecule has 0 saturated carbocycles. The van der Waals surface area contributed by atoms with E-state index in [1.807, 2.05) is 0 Å². The number of amides is 1. The van der Waals surface area contributed by atoms with Crippen LogP contribution in [-0.4, -0.2) is 47.1 Å². The van der Waals surface area contributed by atoms with Crippen molar-refractivity contribution >= 4 is 5.91 Å². The van der Waals surface area contributed by atoms with Crippen LogP contribution in [-0.2, 0) is 11.3 Å². The minimum absolute atomic E-state index is 0.200. The van der Waals surface area contributed by atoms with Gasteiger partial charge in [0, 0.05) is 19.6 Å². The zero-order chi connectivity index (χ0) is 11.4. The van der Waals surface area contributed by atoms with E-state index in [0.717, 1.165) is 38.5 Å². The van der Waals surface area contributed by atoms with Crippen LogP contribution in [0.1, 0.15) is 16.2 Å². The second-order valence-corrected chi connectivity index (χ2v) is 3.65. The molecule has 1 aromatic heterocycles. The van der Waals surface area contributed by atoms with E-state index in [1.54, 1.807) is 6.20 Å². The lowest BCUT2D eigenvalue weighted by Crippen LogP contribution is -2.35. The quantitative estimate of drug-likeness (QED) is 0.739. The van der Waals surface area contributed by atoms with Gasteiger partial charge in [-0.15, -0.1) is 0 Å². The van der Waals surface area contributed by atoms with Gasteiger partial charge in [-0.3, -0.25) is 14.7 Å². The molecule has 1 amide bonds. The summed E-state index contributed by atoms with van der Waals surface area (Å²) in [6.07, 6.45) is 3.01. The molecule has 1 fully saturated rings. The number of morpholine rings is 1. The molecule has 1 aliphatic rings. The lowest BCUT2D eigenvalue weighted by Gasteiger charge is -2.25. The lowest BCUT2D eigenvalue weighted by molar-refractivity contribution is 0.0336. The summed E-state index contributed by atoms with van der Waals surface area (Å²) in [5.74, 6) is -0.551. The second kappa shape index (κ2) is 5.00. The highest BCUT2D eigenvalue weighted by molar-refractivity contribution is 5.90. The van der Waals surface area contributed by atoms with Crippen molar-refractivity contribution in [3.63, 3.8) is 0 Å². The standard InChI is InChI=1S/C10H14N4O2/c11-10(15)9-6-12-8(5-13-9)7-14-1-3-16-4-2-14/h5-6H,1-4,7H2,(H2,11,15). The third-order valence-electron chi connectivity index (χ3n) is 2.45. The minimum Gasteiger partial charge on any atom is -0.379 e. The third-order valence-corrected chi connectivity index (χ3v) is 2.45. The predicted molar refractivity (Wildman–Crippen MR) is 56.6 cm³/mol. The monoisotopic (exact) mass is 222 g/mol. The zero-order valence-corrected chi connectivity index (χ0v) is 8.93. The molecule has 86 valence electrons. The Morgan fingerprint density at radius 1 is 1.38 bits per heavy atom. The first kappa shape index (κ1) is 11.0. The van der Waals surface area contributed by atoms with E-state index in [2.05, 4.69) is 14.9 Å². The predicted octanol–water partition coefficient (Wildman–Crippen LogP) is -0.592. The van der Waals surface area contributed by atoms with Gasteiger partial charge in [-0.25, -0.2) is 4.98 Å². The van der Waals surface area contributed by atoms with Gasteiger partial charge in [0.05, 0.1) is 31.3 Å². The summed E-state index contributed by atoms with van der Waals surface area (Å²) >= 11 is 0. The van der Waals surface area contributed by atoms with Gasteiger partial charge in [-0.1, -0.05) is 0 Å². The molecule has 0 bridgehead atoms. The topological polar surface area (TPSA) is 81.3 Å². The number of hydrogen-bond acceptors (Lipinski definition) is 5. The molecule has 6 heteroatoms. The Morgan fingerprint density at radius 3 is 2.69 bits per heavy atom. The number of rotatable bonds is 3. The molecule has 0 atom stereocenters. The fourth-order valence-corrected chi connectivity index (χ4v) is 1.55. The van der Waals surface area contributed by atoms with Crippen LogP contribution >= 0.6 is 0 Å². The molecular formula is C10H14N4O2. The minimum atomic E-state index is -0.551. The van der Waals surface area contributed by atoms with Crippen LogP contribution in [0.4, 0.5) is 0 Å². The maximum absolute atomic E-state index is 10.8. The Hall–Kier alpha value is -1.53. The van der Waals surface area contributed by atoms with Crippen molar-refractivity contribution in [3.8, 4) is 0 Å². The average Bonchev–Trinajstić information content (AvgIpc) is 2.31. The number of aromatic nitrogens is 2. The third kappa shape index (κ3) is 2.74. The van der Waals surface area contributed by atoms with Gasteiger partial charge in [-0.05, 0) is 0 Å². The van der Waals surface area contributed by atoms with Crippen LogP contribution in [0, 0.1) is 0 Å². The van der Waals surface area contributed by atoms with E-state index in [-0.39, 0.29) is 5.69 Å². The zero-order valence-electron chi connectivity index (χ0n) is 8.93. The first-order valence-electron chi connectivity index (χ1n) is 5.16. The van der Waals surface area contributed by atoms with E-state index in [9.17, 15) is 4.79 Å². The Balaban J connectivity index is 1.96. The maximum Gasteiger partial charge on any atom is 0.268 e. The fraction of sp³-hybridized carbons (Fsp3) is 0.500. The Kier molecular flexibility index (Phi) is 3.43. The number of primary amides is 1. The normalized spacial score (nSPS) is 17.2. The summed E-state index contributed by atoms with van der Waals surface area (Å²) in [5, 5.41) is 0. The van der Waals surface area contributed by atoms with Gasteiger partial charge in [0.1, 0.15) is 5.69 Å². The van der Waals surface area contributed by atoms with Gasteiger partial charge in [0.25, 0.3) is 5.91 Å². The number of hydrogen-bond donors (Lipinski definition) is 1. The van der Waals surface area contributed by atoms with Crippen molar-refractivity contribution in [2.45, 2.75) is 6.54 Å². The molecule has 2 N–H and O–H groups in total. The van der Waals surface area contributed by atoms with Crippen LogP contribution < -0.4 is 5.73 Å². The molecule has 0 unspecified atom stereocenters. The van der Waals surface area contributed by atoms with E-state index in [0.29, 0.717) is 0 Å². The number of nitrogens with two attached hydrogens (primary N) is 1. The van der Waals surface area contributed by atoms with Crippen LogP contribution in [0.5, 0.6) is 0 Å². The molecule has 1 aromatic rings. The second-order valence-electron chi connectivity index (χ2n) is 3.65. The lowest BCUT2D eigenvalue weighted by atomic mass is 10.3. The van der Waals surface area contributed by atoms with E-state index in [1.165, 1.54) is 6.20 Å². The van der Waals surface area contributed by atoms with Crippen molar-refractivity contribution in [2.75, 3.05) is 26.3 Å². The van der Waals surface area contributed by atoms with Crippen LogP contribution in [0.3, 0.4) is 0 Å². The van der Waals surface area contributed by atoms with Crippen LogP contribution in [0.15, 0.2) is 12.4 Å². The highest BCUT2D eigenvalue weighted by Gasteiger charge is 2.11. The van der Waals surface area contributed by atoms with Crippen LogP contribution in [0.25, 0.3) is 0 Å². The number of nitrogens with zero attached hydrogens (tertiary/aromatic N) is 3. The first-order valence-corrected chi connectivity index (χ1v) is 5.16. The SMILES string of the molecule is NC(=O)c1cnc(CN2CCOCC2)cn1. The molecule has 0 radical (unpaired) electrons. The molecule has 2 heterocycles. The van der Waals surface area contributed by atoms with Crippen molar-refractivity contribution in [1.82, 2.24) is 14.9 Å². The van der Waals surface area contributed by atoms with Gasteiger partial charge in [-0.2, -0.15) is 0 Å². The summed E-state index contributed by atoms with van der Waals surface area (Å²) in [7, 11) is 0. The van der Waals surface area contributed by atoms with Crippen molar-refractivity contribution in [1.29, 1.82) is 0 Å². The highest BCUT2D eigenvalue weighted by atomic mass is 16.5.